The molecule has 0 saturated heterocycles. The Labute approximate surface area is 145 Å². The van der Waals surface area contributed by atoms with Crippen molar-refractivity contribution in [2.75, 3.05) is 19.9 Å². The molecule has 2 N–H and O–H groups in total. The summed E-state index contributed by atoms with van der Waals surface area (Å²) in [5.41, 5.74) is 0. The average Bonchev–Trinajstić information content (AvgIpc) is 3.06. The fourth-order valence-corrected chi connectivity index (χ4v) is 2.66. The van der Waals surface area contributed by atoms with E-state index in [2.05, 4.69) is 12.2 Å². The highest BCUT2D eigenvalue weighted by Gasteiger charge is 2.16. The molecule has 24 heavy (non-hydrogen) atoms. The molecule has 0 aliphatic carbocycles. The smallest absolute Gasteiger partial charge is 0.231 e. The predicted octanol–water partition coefficient (Wildman–Crippen LogP) is 3.49. The third-order valence-electron chi connectivity index (χ3n) is 4.34. The van der Waals surface area contributed by atoms with Gasteiger partial charge in [0.1, 0.15) is 18.5 Å². The number of hydrogen-bond donors (Lipinski definition) is 2. The molecule has 0 amide bonds. The standard InChI is InChI=1S/C19H31NO4/c1-3-4-5-6-7-8-11-20-15(2)17(21)13-22-16-9-10-18-19(12-16)24-14-23-18/h9-10,12,15,17,20-21H,3-8,11,13-14H2,1-2H3. The van der Waals surface area contributed by atoms with Gasteiger partial charge in [0.15, 0.2) is 11.5 Å². The number of ether oxygens (including phenoxy) is 3. The fraction of sp³-hybridized carbons (Fsp3) is 0.684. The van der Waals surface area contributed by atoms with Gasteiger partial charge in [-0.3, -0.25) is 0 Å². The molecule has 2 rings (SSSR count). The molecular weight excluding hydrogens is 306 g/mol. The van der Waals surface area contributed by atoms with Gasteiger partial charge in [0.25, 0.3) is 0 Å². The second kappa shape index (κ2) is 10.4. The van der Waals surface area contributed by atoms with E-state index in [4.69, 9.17) is 14.2 Å². The summed E-state index contributed by atoms with van der Waals surface area (Å²) in [6.07, 6.45) is 7.12. The van der Waals surface area contributed by atoms with E-state index in [0.29, 0.717) is 11.5 Å². The Morgan fingerprint density at radius 3 is 2.71 bits per heavy atom. The van der Waals surface area contributed by atoms with Gasteiger partial charge in [0.2, 0.25) is 6.79 Å². The second-order valence-corrected chi connectivity index (χ2v) is 6.40. The van der Waals surface area contributed by atoms with Crippen molar-refractivity contribution < 1.29 is 19.3 Å². The van der Waals surface area contributed by atoms with Crippen molar-refractivity contribution in [1.82, 2.24) is 5.32 Å². The maximum absolute atomic E-state index is 10.2. The molecule has 136 valence electrons. The lowest BCUT2D eigenvalue weighted by molar-refractivity contribution is 0.0784. The van der Waals surface area contributed by atoms with E-state index in [1.54, 1.807) is 6.07 Å². The number of rotatable bonds is 12. The molecule has 5 nitrogen and oxygen atoms in total. The highest BCUT2D eigenvalue weighted by molar-refractivity contribution is 5.46. The van der Waals surface area contributed by atoms with Crippen molar-refractivity contribution in [3.8, 4) is 17.2 Å². The molecule has 1 aromatic carbocycles. The van der Waals surface area contributed by atoms with Crippen LogP contribution in [0, 0.1) is 0 Å². The maximum Gasteiger partial charge on any atom is 0.231 e. The Morgan fingerprint density at radius 2 is 1.88 bits per heavy atom. The number of aliphatic hydroxyl groups is 1. The van der Waals surface area contributed by atoms with Crippen molar-refractivity contribution >= 4 is 0 Å². The number of unbranched alkanes of at least 4 members (excludes halogenated alkanes) is 5. The molecule has 0 bridgehead atoms. The zero-order chi connectivity index (χ0) is 17.2. The first kappa shape index (κ1) is 18.9. The van der Waals surface area contributed by atoms with E-state index in [1.165, 1.54) is 32.1 Å². The van der Waals surface area contributed by atoms with E-state index in [-0.39, 0.29) is 19.4 Å². The summed E-state index contributed by atoms with van der Waals surface area (Å²) in [4.78, 5) is 0. The maximum atomic E-state index is 10.2. The summed E-state index contributed by atoms with van der Waals surface area (Å²) in [6.45, 7) is 5.67. The van der Waals surface area contributed by atoms with Crippen LogP contribution in [0.1, 0.15) is 52.4 Å². The lowest BCUT2D eigenvalue weighted by Gasteiger charge is -2.20. The lowest BCUT2D eigenvalue weighted by Crippen LogP contribution is -2.41. The van der Waals surface area contributed by atoms with Gasteiger partial charge in [0, 0.05) is 12.1 Å². The van der Waals surface area contributed by atoms with Crippen LogP contribution < -0.4 is 19.5 Å². The minimum atomic E-state index is -0.546. The Balaban J connectivity index is 1.58. The van der Waals surface area contributed by atoms with Gasteiger partial charge >= 0.3 is 0 Å². The monoisotopic (exact) mass is 337 g/mol. The van der Waals surface area contributed by atoms with E-state index in [1.807, 2.05) is 19.1 Å². The number of fused-ring (bicyclic) bond motifs is 1. The molecule has 2 unspecified atom stereocenters. The predicted molar refractivity (Wildman–Crippen MR) is 94.9 cm³/mol. The normalized spacial score (nSPS) is 15.3. The van der Waals surface area contributed by atoms with Crippen LogP contribution in [0.4, 0.5) is 0 Å². The molecule has 0 aromatic heterocycles. The van der Waals surface area contributed by atoms with Crippen LogP contribution in [0.3, 0.4) is 0 Å². The molecule has 1 heterocycles. The molecular formula is C19H31NO4. The van der Waals surface area contributed by atoms with Crippen LogP contribution in [0.2, 0.25) is 0 Å². The molecule has 1 aliphatic rings. The molecule has 0 spiro atoms. The molecule has 0 radical (unpaired) electrons. The van der Waals surface area contributed by atoms with Gasteiger partial charge in [-0.2, -0.15) is 0 Å². The first-order chi connectivity index (χ1) is 11.7. The molecule has 0 saturated carbocycles. The third kappa shape index (κ3) is 6.21. The van der Waals surface area contributed by atoms with Gasteiger partial charge in [-0.25, -0.2) is 0 Å². The van der Waals surface area contributed by atoms with Crippen molar-refractivity contribution in [3.63, 3.8) is 0 Å². The summed E-state index contributed by atoms with van der Waals surface area (Å²) in [5.74, 6) is 2.11. The third-order valence-corrected chi connectivity index (χ3v) is 4.34. The second-order valence-electron chi connectivity index (χ2n) is 6.40. The van der Waals surface area contributed by atoms with Gasteiger partial charge in [-0.05, 0) is 32.0 Å². The molecule has 5 heteroatoms. The van der Waals surface area contributed by atoms with Crippen molar-refractivity contribution in [3.05, 3.63) is 18.2 Å². The fourth-order valence-electron chi connectivity index (χ4n) is 2.66. The Bertz CT molecular complexity index is 480. The van der Waals surface area contributed by atoms with Crippen LogP contribution in [-0.4, -0.2) is 37.2 Å². The van der Waals surface area contributed by atoms with Crippen molar-refractivity contribution in [2.24, 2.45) is 0 Å². The summed E-state index contributed by atoms with van der Waals surface area (Å²) in [6, 6.07) is 5.46. The topological polar surface area (TPSA) is 60.0 Å². The van der Waals surface area contributed by atoms with Gasteiger partial charge in [-0.1, -0.05) is 39.0 Å². The van der Waals surface area contributed by atoms with Gasteiger partial charge in [-0.15, -0.1) is 0 Å². The van der Waals surface area contributed by atoms with Gasteiger partial charge < -0.3 is 24.6 Å². The van der Waals surface area contributed by atoms with Gasteiger partial charge in [0.05, 0.1) is 0 Å². The number of benzene rings is 1. The Morgan fingerprint density at radius 1 is 1.12 bits per heavy atom. The van der Waals surface area contributed by atoms with Crippen LogP contribution in [-0.2, 0) is 0 Å². The highest BCUT2D eigenvalue weighted by Crippen LogP contribution is 2.35. The zero-order valence-electron chi connectivity index (χ0n) is 14.9. The largest absolute Gasteiger partial charge is 0.491 e. The first-order valence-electron chi connectivity index (χ1n) is 9.14. The Kier molecular flexibility index (Phi) is 8.19. The highest BCUT2D eigenvalue weighted by atomic mass is 16.7. The number of hydrogen-bond acceptors (Lipinski definition) is 5. The molecule has 2 atom stereocenters. The van der Waals surface area contributed by atoms with Crippen LogP contribution >= 0.6 is 0 Å². The summed E-state index contributed by atoms with van der Waals surface area (Å²) in [5, 5.41) is 13.6. The SMILES string of the molecule is CCCCCCCCNC(C)C(O)COc1ccc2c(c1)OCO2. The van der Waals surface area contributed by atoms with Crippen LogP contribution in [0.25, 0.3) is 0 Å². The zero-order valence-corrected chi connectivity index (χ0v) is 14.9. The number of aliphatic hydroxyl groups excluding tert-OH is 1. The minimum absolute atomic E-state index is 0.00894. The lowest BCUT2D eigenvalue weighted by atomic mass is 10.1. The molecule has 0 fully saturated rings. The van der Waals surface area contributed by atoms with Crippen molar-refractivity contribution in [2.45, 2.75) is 64.5 Å². The van der Waals surface area contributed by atoms with E-state index >= 15 is 0 Å². The van der Waals surface area contributed by atoms with Crippen LogP contribution in [0.5, 0.6) is 17.2 Å². The quantitative estimate of drug-likeness (QED) is 0.572. The number of nitrogens with one attached hydrogen (secondary N) is 1. The average molecular weight is 337 g/mol. The van der Waals surface area contributed by atoms with Crippen LogP contribution in [0.15, 0.2) is 18.2 Å². The summed E-state index contributed by atoms with van der Waals surface area (Å²) < 4.78 is 16.2. The van der Waals surface area contributed by atoms with Crippen molar-refractivity contribution in [1.29, 1.82) is 0 Å². The van der Waals surface area contributed by atoms with E-state index < -0.39 is 6.10 Å². The summed E-state index contributed by atoms with van der Waals surface area (Å²) in [7, 11) is 0. The molecule has 1 aromatic rings. The molecule has 1 aliphatic heterocycles. The van der Waals surface area contributed by atoms with E-state index in [9.17, 15) is 5.11 Å². The van der Waals surface area contributed by atoms with E-state index in [0.717, 1.165) is 18.7 Å². The Hall–Kier alpha value is -1.46. The minimum Gasteiger partial charge on any atom is -0.491 e. The summed E-state index contributed by atoms with van der Waals surface area (Å²) >= 11 is 0. The first-order valence-corrected chi connectivity index (χ1v) is 9.14.